The maximum atomic E-state index is 12.3. The molecule has 0 bridgehead atoms. The molecule has 1 amide bonds. The first kappa shape index (κ1) is 16.2. The second-order valence-electron chi connectivity index (χ2n) is 5.33. The summed E-state index contributed by atoms with van der Waals surface area (Å²) in [6.07, 6.45) is 0.660. The first-order valence-electron chi connectivity index (χ1n) is 7.60. The topological polar surface area (TPSA) is 55.4 Å². The van der Waals surface area contributed by atoms with Crippen LogP contribution < -0.4 is 10.1 Å². The van der Waals surface area contributed by atoms with Gasteiger partial charge in [0.05, 0.1) is 7.11 Å². The molecule has 2 aromatic carbocycles. The molecule has 0 aliphatic heterocycles. The van der Waals surface area contributed by atoms with E-state index in [2.05, 4.69) is 5.32 Å². The highest BCUT2D eigenvalue weighted by atomic mass is 32.1. The zero-order valence-corrected chi connectivity index (χ0v) is 14.1. The van der Waals surface area contributed by atoms with E-state index >= 15 is 0 Å². The average molecular weight is 339 g/mol. The predicted molar refractivity (Wildman–Crippen MR) is 95.9 cm³/mol. The minimum atomic E-state index is -0.563. The Morgan fingerprint density at radius 2 is 1.83 bits per heavy atom. The van der Waals surface area contributed by atoms with Crippen molar-refractivity contribution in [3.05, 3.63) is 65.0 Å². The number of thiophene rings is 1. The summed E-state index contributed by atoms with van der Waals surface area (Å²) in [4.78, 5) is 24.4. The van der Waals surface area contributed by atoms with E-state index in [0.717, 1.165) is 21.4 Å². The van der Waals surface area contributed by atoms with Gasteiger partial charge < -0.3 is 10.1 Å². The van der Waals surface area contributed by atoms with Gasteiger partial charge in [0.2, 0.25) is 0 Å². The fraction of sp³-hybridized carbons (Fsp3) is 0.158. The third-order valence-electron chi connectivity index (χ3n) is 3.79. The average Bonchev–Trinajstić information content (AvgIpc) is 3.05. The Balaban J connectivity index is 1.59. The van der Waals surface area contributed by atoms with Gasteiger partial charge in [0.1, 0.15) is 5.75 Å². The van der Waals surface area contributed by atoms with Crippen LogP contribution in [0.2, 0.25) is 0 Å². The molecule has 3 rings (SSSR count). The lowest BCUT2D eigenvalue weighted by Gasteiger charge is -2.05. The van der Waals surface area contributed by atoms with Gasteiger partial charge in [0, 0.05) is 27.6 Å². The maximum Gasteiger partial charge on any atom is 0.292 e. The Bertz CT molecular complexity index is 868. The SMILES string of the molecule is COc1ccc(CCNC(=O)C(=O)c2csc3ccccc23)cc1. The quantitative estimate of drug-likeness (QED) is 0.553. The van der Waals surface area contributed by atoms with Gasteiger partial charge >= 0.3 is 0 Å². The number of Topliss-reactive ketones (excluding diaryl/α,β-unsaturated/α-hetero) is 1. The normalized spacial score (nSPS) is 10.5. The van der Waals surface area contributed by atoms with E-state index in [4.69, 9.17) is 4.74 Å². The Kier molecular flexibility index (Phi) is 4.91. The Morgan fingerprint density at radius 3 is 2.58 bits per heavy atom. The van der Waals surface area contributed by atoms with Crippen molar-refractivity contribution in [3.8, 4) is 5.75 Å². The summed E-state index contributed by atoms with van der Waals surface area (Å²) in [5.74, 6) is -0.253. The van der Waals surface area contributed by atoms with Gasteiger partial charge in [-0.1, -0.05) is 30.3 Å². The van der Waals surface area contributed by atoms with Crippen LogP contribution in [0.25, 0.3) is 10.1 Å². The molecule has 0 spiro atoms. The zero-order valence-electron chi connectivity index (χ0n) is 13.2. The fourth-order valence-corrected chi connectivity index (χ4v) is 3.41. The Hall–Kier alpha value is -2.66. The van der Waals surface area contributed by atoms with Crippen LogP contribution in [0.1, 0.15) is 15.9 Å². The molecule has 122 valence electrons. The number of hydrogen-bond donors (Lipinski definition) is 1. The van der Waals surface area contributed by atoms with Crippen LogP contribution in [0.4, 0.5) is 0 Å². The van der Waals surface area contributed by atoms with E-state index < -0.39 is 11.7 Å². The molecule has 1 N–H and O–H groups in total. The molecule has 1 aromatic heterocycles. The van der Waals surface area contributed by atoms with Gasteiger partial charge in [0.15, 0.2) is 0 Å². The van der Waals surface area contributed by atoms with Crippen LogP contribution in [-0.4, -0.2) is 25.3 Å². The van der Waals surface area contributed by atoms with Gasteiger partial charge in [-0.25, -0.2) is 0 Å². The van der Waals surface area contributed by atoms with Crippen LogP contribution in [-0.2, 0) is 11.2 Å². The molecule has 0 unspecified atom stereocenters. The van der Waals surface area contributed by atoms with E-state index in [1.807, 2.05) is 48.5 Å². The van der Waals surface area contributed by atoms with Crippen molar-refractivity contribution in [2.45, 2.75) is 6.42 Å². The Labute approximate surface area is 144 Å². The number of fused-ring (bicyclic) bond motifs is 1. The zero-order chi connectivity index (χ0) is 16.9. The van der Waals surface area contributed by atoms with Crippen molar-refractivity contribution >= 4 is 33.1 Å². The molecule has 0 aliphatic carbocycles. The summed E-state index contributed by atoms with van der Waals surface area (Å²) in [7, 11) is 1.62. The summed E-state index contributed by atoms with van der Waals surface area (Å²) in [5.41, 5.74) is 1.54. The standard InChI is InChI=1S/C19H17NO3S/c1-23-14-8-6-13(7-9-14)10-11-20-19(22)18(21)16-12-24-17-5-3-2-4-15(16)17/h2-9,12H,10-11H2,1H3,(H,20,22). The number of carbonyl (C=O) groups is 2. The minimum Gasteiger partial charge on any atom is -0.497 e. The summed E-state index contributed by atoms with van der Waals surface area (Å²) in [6, 6.07) is 15.2. The second-order valence-corrected chi connectivity index (χ2v) is 6.24. The molecule has 0 atom stereocenters. The lowest BCUT2D eigenvalue weighted by Crippen LogP contribution is -2.32. The van der Waals surface area contributed by atoms with Crippen LogP contribution in [0.3, 0.4) is 0 Å². The second kappa shape index (κ2) is 7.27. The third kappa shape index (κ3) is 3.46. The lowest BCUT2D eigenvalue weighted by atomic mass is 10.1. The fourth-order valence-electron chi connectivity index (χ4n) is 2.47. The van der Waals surface area contributed by atoms with Crippen molar-refractivity contribution in [2.24, 2.45) is 0 Å². The van der Waals surface area contributed by atoms with E-state index in [9.17, 15) is 9.59 Å². The number of carbonyl (C=O) groups excluding carboxylic acids is 2. The lowest BCUT2D eigenvalue weighted by molar-refractivity contribution is -0.116. The number of ketones is 1. The smallest absolute Gasteiger partial charge is 0.292 e. The number of rotatable bonds is 6. The van der Waals surface area contributed by atoms with Gasteiger partial charge in [0.25, 0.3) is 11.7 Å². The number of methoxy groups -OCH3 is 1. The molecule has 24 heavy (non-hydrogen) atoms. The summed E-state index contributed by atoms with van der Waals surface area (Å²) < 4.78 is 6.11. The van der Waals surface area contributed by atoms with E-state index in [1.165, 1.54) is 11.3 Å². The van der Waals surface area contributed by atoms with Gasteiger partial charge in [-0.2, -0.15) is 0 Å². The van der Waals surface area contributed by atoms with E-state index in [-0.39, 0.29) is 0 Å². The highest BCUT2D eigenvalue weighted by Crippen LogP contribution is 2.25. The molecule has 0 radical (unpaired) electrons. The molecule has 5 heteroatoms. The number of amides is 1. The van der Waals surface area contributed by atoms with E-state index in [1.54, 1.807) is 12.5 Å². The van der Waals surface area contributed by atoms with Crippen LogP contribution in [0, 0.1) is 0 Å². The van der Waals surface area contributed by atoms with Gasteiger partial charge in [-0.15, -0.1) is 11.3 Å². The van der Waals surface area contributed by atoms with Gasteiger partial charge in [-0.05, 0) is 30.2 Å². The highest BCUT2D eigenvalue weighted by Gasteiger charge is 2.19. The molecule has 4 nitrogen and oxygen atoms in total. The third-order valence-corrected chi connectivity index (χ3v) is 4.75. The minimum absolute atomic E-state index is 0.416. The first-order valence-corrected chi connectivity index (χ1v) is 8.48. The number of benzene rings is 2. The van der Waals surface area contributed by atoms with Crippen molar-refractivity contribution in [3.63, 3.8) is 0 Å². The molecular formula is C19H17NO3S. The first-order chi connectivity index (χ1) is 11.7. The summed E-state index contributed by atoms with van der Waals surface area (Å²) in [6.45, 7) is 0.416. The molecule has 0 aliphatic rings. The van der Waals surface area contributed by atoms with Crippen molar-refractivity contribution in [1.82, 2.24) is 5.32 Å². The summed E-state index contributed by atoms with van der Waals surface area (Å²) >= 11 is 1.47. The van der Waals surface area contributed by atoms with Crippen molar-refractivity contribution < 1.29 is 14.3 Å². The molecule has 0 saturated heterocycles. The number of hydrogen-bond acceptors (Lipinski definition) is 4. The number of ether oxygens (including phenoxy) is 1. The Morgan fingerprint density at radius 1 is 1.08 bits per heavy atom. The molecule has 1 heterocycles. The van der Waals surface area contributed by atoms with Crippen LogP contribution in [0.15, 0.2) is 53.9 Å². The van der Waals surface area contributed by atoms with Gasteiger partial charge in [-0.3, -0.25) is 9.59 Å². The maximum absolute atomic E-state index is 12.3. The van der Waals surface area contributed by atoms with Crippen LogP contribution >= 0.6 is 11.3 Å². The summed E-state index contributed by atoms with van der Waals surface area (Å²) in [5, 5.41) is 5.27. The monoisotopic (exact) mass is 339 g/mol. The molecular weight excluding hydrogens is 322 g/mol. The van der Waals surface area contributed by atoms with Crippen molar-refractivity contribution in [2.75, 3.05) is 13.7 Å². The molecule has 0 fully saturated rings. The van der Waals surface area contributed by atoms with Crippen LogP contribution in [0.5, 0.6) is 5.75 Å². The highest BCUT2D eigenvalue weighted by molar-refractivity contribution is 7.17. The predicted octanol–water partition coefficient (Wildman–Crippen LogP) is 3.45. The molecule has 0 saturated carbocycles. The van der Waals surface area contributed by atoms with E-state index in [0.29, 0.717) is 18.5 Å². The largest absolute Gasteiger partial charge is 0.497 e. The molecule has 3 aromatic rings. The van der Waals surface area contributed by atoms with Crippen molar-refractivity contribution in [1.29, 1.82) is 0 Å². The number of nitrogens with one attached hydrogen (secondary N) is 1.